The zero-order valence-corrected chi connectivity index (χ0v) is 13.6. The van der Waals surface area contributed by atoms with E-state index in [1.54, 1.807) is 37.1 Å². The summed E-state index contributed by atoms with van der Waals surface area (Å²) < 4.78 is 5.12. The summed E-state index contributed by atoms with van der Waals surface area (Å²) in [6.07, 6.45) is -0.0315. The van der Waals surface area contributed by atoms with Gasteiger partial charge in [-0.05, 0) is 42.3 Å². The van der Waals surface area contributed by atoms with Gasteiger partial charge in [-0.1, -0.05) is 18.2 Å². The first-order chi connectivity index (χ1) is 11.5. The fourth-order valence-electron chi connectivity index (χ4n) is 2.95. The molecule has 1 fully saturated rings. The summed E-state index contributed by atoms with van der Waals surface area (Å²) in [6, 6.07) is 12.5. The van der Waals surface area contributed by atoms with Crippen molar-refractivity contribution in [1.82, 2.24) is 0 Å². The zero-order chi connectivity index (χ0) is 17.3. The van der Waals surface area contributed by atoms with Gasteiger partial charge in [-0.2, -0.15) is 0 Å². The SMILES string of the molecule is COc1ccc(N2CC(c3ccc(C=O)c([C@@H](C)O)c3)C2=O)cc1. The molecule has 124 valence electrons. The number of β-lactam (4-membered cyclic amide) rings is 1. The lowest BCUT2D eigenvalue weighted by molar-refractivity contribution is -0.124. The number of carbonyl (C=O) groups excluding carboxylic acids is 2. The number of ether oxygens (including phenoxy) is 1. The van der Waals surface area contributed by atoms with E-state index in [-0.39, 0.29) is 11.8 Å². The van der Waals surface area contributed by atoms with Crippen LogP contribution in [0.5, 0.6) is 5.75 Å². The second kappa shape index (κ2) is 6.45. The molecule has 3 rings (SSSR count). The fourth-order valence-corrected chi connectivity index (χ4v) is 2.95. The van der Waals surface area contributed by atoms with E-state index < -0.39 is 6.10 Å². The Morgan fingerprint density at radius 2 is 1.96 bits per heavy atom. The van der Waals surface area contributed by atoms with Gasteiger partial charge >= 0.3 is 0 Å². The number of aliphatic hydroxyl groups excluding tert-OH is 1. The van der Waals surface area contributed by atoms with Crippen LogP contribution in [0.1, 0.15) is 40.4 Å². The maximum Gasteiger partial charge on any atom is 0.236 e. The molecule has 0 spiro atoms. The molecule has 1 N–H and O–H groups in total. The lowest BCUT2D eigenvalue weighted by Crippen LogP contribution is -2.51. The van der Waals surface area contributed by atoms with Crippen LogP contribution in [-0.2, 0) is 4.79 Å². The molecule has 5 nitrogen and oxygen atoms in total. The molecular weight excluding hydrogens is 306 g/mol. The molecule has 2 atom stereocenters. The monoisotopic (exact) mass is 325 g/mol. The van der Waals surface area contributed by atoms with Crippen LogP contribution in [0.3, 0.4) is 0 Å². The Labute approximate surface area is 140 Å². The summed E-state index contributed by atoms with van der Waals surface area (Å²) in [5.74, 6) is 0.509. The minimum Gasteiger partial charge on any atom is -0.497 e. The highest BCUT2D eigenvalue weighted by Crippen LogP contribution is 2.35. The van der Waals surface area contributed by atoms with E-state index in [0.717, 1.165) is 23.3 Å². The van der Waals surface area contributed by atoms with Crippen molar-refractivity contribution in [1.29, 1.82) is 0 Å². The molecule has 24 heavy (non-hydrogen) atoms. The Hall–Kier alpha value is -2.66. The molecule has 0 aromatic heterocycles. The maximum atomic E-state index is 12.5. The smallest absolute Gasteiger partial charge is 0.236 e. The number of anilines is 1. The van der Waals surface area contributed by atoms with E-state index in [4.69, 9.17) is 4.74 Å². The average Bonchev–Trinajstić information content (AvgIpc) is 2.60. The molecule has 0 saturated carbocycles. The summed E-state index contributed by atoms with van der Waals surface area (Å²) in [5, 5.41) is 9.81. The Balaban J connectivity index is 1.80. The topological polar surface area (TPSA) is 66.8 Å². The van der Waals surface area contributed by atoms with Gasteiger partial charge in [-0.3, -0.25) is 9.59 Å². The summed E-state index contributed by atoms with van der Waals surface area (Å²) in [4.78, 5) is 25.3. The predicted octanol–water partition coefficient (Wildman–Crippen LogP) is 2.69. The fraction of sp³-hybridized carbons (Fsp3) is 0.263. The minimum absolute atomic E-state index is 0.00978. The van der Waals surface area contributed by atoms with Crippen molar-refractivity contribution >= 4 is 17.9 Å². The first kappa shape index (κ1) is 16.2. The van der Waals surface area contributed by atoms with Crippen molar-refractivity contribution in [3.8, 4) is 5.75 Å². The highest BCUT2D eigenvalue weighted by Gasteiger charge is 2.38. The van der Waals surface area contributed by atoms with Crippen LogP contribution in [0.4, 0.5) is 5.69 Å². The number of amides is 1. The van der Waals surface area contributed by atoms with Crippen LogP contribution in [0.2, 0.25) is 0 Å². The molecule has 1 amide bonds. The van der Waals surface area contributed by atoms with Crippen molar-refractivity contribution in [3.05, 3.63) is 59.2 Å². The maximum absolute atomic E-state index is 12.5. The Bertz CT molecular complexity index is 767. The van der Waals surface area contributed by atoms with Crippen LogP contribution in [0.25, 0.3) is 0 Å². The van der Waals surface area contributed by atoms with Crippen LogP contribution in [0, 0.1) is 0 Å². The van der Waals surface area contributed by atoms with E-state index >= 15 is 0 Å². The van der Waals surface area contributed by atoms with Crippen LogP contribution in [0.15, 0.2) is 42.5 Å². The number of hydrogen-bond donors (Lipinski definition) is 1. The molecule has 2 aromatic rings. The lowest BCUT2D eigenvalue weighted by Gasteiger charge is -2.39. The molecule has 1 aliphatic rings. The molecule has 1 saturated heterocycles. The quantitative estimate of drug-likeness (QED) is 0.678. The second-order valence-corrected chi connectivity index (χ2v) is 5.88. The second-order valence-electron chi connectivity index (χ2n) is 5.88. The van der Waals surface area contributed by atoms with Gasteiger partial charge in [0.25, 0.3) is 0 Å². The number of rotatable bonds is 5. The van der Waals surface area contributed by atoms with Crippen LogP contribution >= 0.6 is 0 Å². The Morgan fingerprint density at radius 3 is 2.50 bits per heavy atom. The summed E-state index contributed by atoms with van der Waals surface area (Å²) >= 11 is 0. The van der Waals surface area contributed by atoms with E-state index in [0.29, 0.717) is 17.7 Å². The largest absolute Gasteiger partial charge is 0.497 e. The molecule has 0 bridgehead atoms. The van der Waals surface area contributed by atoms with Crippen molar-refractivity contribution in [3.63, 3.8) is 0 Å². The number of nitrogens with zero attached hydrogens (tertiary/aromatic N) is 1. The number of carbonyl (C=O) groups is 2. The van der Waals surface area contributed by atoms with Crippen LogP contribution < -0.4 is 9.64 Å². The average molecular weight is 325 g/mol. The molecule has 2 aromatic carbocycles. The first-order valence-corrected chi connectivity index (χ1v) is 7.77. The number of hydrogen-bond acceptors (Lipinski definition) is 4. The van der Waals surface area contributed by atoms with E-state index in [1.165, 1.54) is 0 Å². The van der Waals surface area contributed by atoms with Gasteiger partial charge in [0.2, 0.25) is 5.91 Å². The molecular formula is C19H19NO4. The van der Waals surface area contributed by atoms with Crippen LogP contribution in [-0.4, -0.2) is 31.0 Å². The summed E-state index contributed by atoms with van der Waals surface area (Å²) in [6.45, 7) is 2.18. The van der Waals surface area contributed by atoms with E-state index in [1.807, 2.05) is 24.3 Å². The third-order valence-corrected chi connectivity index (χ3v) is 4.40. The number of aldehydes is 1. The van der Waals surface area contributed by atoms with Gasteiger partial charge < -0.3 is 14.7 Å². The highest BCUT2D eigenvalue weighted by atomic mass is 16.5. The standard InChI is InChI=1S/C19H19NO4/c1-12(22)17-9-13(3-4-14(17)11-21)18-10-20(19(18)23)15-5-7-16(24-2)8-6-15/h3-9,11-12,18,22H,10H2,1-2H3/t12-,18?/m1/s1. The minimum atomic E-state index is -0.752. The van der Waals surface area contributed by atoms with Gasteiger partial charge in [0.15, 0.2) is 0 Å². The van der Waals surface area contributed by atoms with Crippen molar-refractivity contribution in [2.45, 2.75) is 18.9 Å². The van der Waals surface area contributed by atoms with E-state index in [2.05, 4.69) is 0 Å². The normalized spacial score (nSPS) is 18.0. The molecule has 5 heteroatoms. The number of aliphatic hydroxyl groups is 1. The summed E-state index contributed by atoms with van der Waals surface area (Å²) in [5.41, 5.74) is 2.66. The summed E-state index contributed by atoms with van der Waals surface area (Å²) in [7, 11) is 1.60. The van der Waals surface area contributed by atoms with Gasteiger partial charge in [-0.25, -0.2) is 0 Å². The number of benzene rings is 2. The van der Waals surface area contributed by atoms with E-state index in [9.17, 15) is 14.7 Å². The van der Waals surface area contributed by atoms with Gasteiger partial charge in [0, 0.05) is 17.8 Å². The number of methoxy groups -OCH3 is 1. The van der Waals surface area contributed by atoms with Crippen molar-refractivity contribution in [2.24, 2.45) is 0 Å². The van der Waals surface area contributed by atoms with Gasteiger partial charge in [0.1, 0.15) is 12.0 Å². The Morgan fingerprint density at radius 1 is 1.25 bits per heavy atom. The third kappa shape index (κ3) is 2.78. The van der Waals surface area contributed by atoms with Crippen molar-refractivity contribution in [2.75, 3.05) is 18.6 Å². The predicted molar refractivity (Wildman–Crippen MR) is 90.6 cm³/mol. The molecule has 0 radical (unpaired) electrons. The van der Waals surface area contributed by atoms with Gasteiger partial charge in [0.05, 0.1) is 19.1 Å². The first-order valence-electron chi connectivity index (χ1n) is 7.77. The molecule has 1 heterocycles. The molecule has 0 aliphatic carbocycles. The third-order valence-electron chi connectivity index (χ3n) is 4.40. The van der Waals surface area contributed by atoms with Crippen molar-refractivity contribution < 1.29 is 19.4 Å². The highest BCUT2D eigenvalue weighted by molar-refractivity contribution is 6.05. The van der Waals surface area contributed by atoms with Gasteiger partial charge in [-0.15, -0.1) is 0 Å². The Kier molecular flexibility index (Phi) is 4.36. The molecule has 1 aliphatic heterocycles. The lowest BCUT2D eigenvalue weighted by atomic mass is 9.87. The zero-order valence-electron chi connectivity index (χ0n) is 13.6. The molecule has 1 unspecified atom stereocenters.